The molecule has 0 aliphatic carbocycles. The Labute approximate surface area is 204 Å². The van der Waals surface area contributed by atoms with Crippen LogP contribution < -0.4 is 5.73 Å². The quantitative estimate of drug-likeness (QED) is 0.232. The van der Waals surface area contributed by atoms with Crippen molar-refractivity contribution in [2.45, 2.75) is 6.42 Å². The summed E-state index contributed by atoms with van der Waals surface area (Å²) < 4.78 is 2.12. The first-order valence-corrected chi connectivity index (χ1v) is 12.0. The zero-order valence-electron chi connectivity index (χ0n) is 17.2. The fourth-order valence-electron chi connectivity index (χ4n) is 4.11. The van der Waals surface area contributed by atoms with Gasteiger partial charge in [0.15, 0.2) is 0 Å². The highest BCUT2D eigenvalue weighted by Crippen LogP contribution is 2.40. The van der Waals surface area contributed by atoms with Crippen molar-refractivity contribution in [2.24, 2.45) is 0 Å². The number of halogens is 2. The number of para-hydroxylation sites is 2. The molecule has 0 saturated heterocycles. The van der Waals surface area contributed by atoms with Crippen molar-refractivity contribution in [1.29, 1.82) is 0 Å². The normalized spacial score (nSPS) is 11.1. The molecule has 0 fully saturated rings. The highest BCUT2D eigenvalue weighted by Gasteiger charge is 2.19. The van der Waals surface area contributed by atoms with Crippen LogP contribution in [0.25, 0.3) is 33.3 Å². The summed E-state index contributed by atoms with van der Waals surface area (Å²) in [6.45, 7) is 0. The van der Waals surface area contributed by atoms with Crippen LogP contribution in [0.2, 0.25) is 0 Å². The van der Waals surface area contributed by atoms with Gasteiger partial charge in [-0.3, -0.25) is 0 Å². The summed E-state index contributed by atoms with van der Waals surface area (Å²) in [6, 6.07) is 33.3. The zero-order valence-corrected chi connectivity index (χ0v) is 20.4. The molecule has 5 rings (SSSR count). The van der Waals surface area contributed by atoms with Gasteiger partial charge in [-0.2, -0.15) is 0 Å². The van der Waals surface area contributed by atoms with Crippen molar-refractivity contribution in [3.05, 3.63) is 117 Å². The molecule has 0 aliphatic rings. The molecule has 4 aromatic carbocycles. The van der Waals surface area contributed by atoms with Crippen LogP contribution in [0.4, 0.5) is 5.69 Å². The standard InChI is InChI=1S/C28H20Br2N2/c29-20-13-9-18(10-14-20)17-24-22-5-2-4-8-26(22)32-28(23-6-1-3-7-25(23)31)27(24)19-11-15-21(30)16-12-19/h1-16H,17,31H2. The van der Waals surface area contributed by atoms with E-state index < -0.39 is 0 Å². The number of fused-ring (bicyclic) bond motifs is 1. The Bertz CT molecular complexity index is 1410. The molecule has 0 aliphatic heterocycles. The van der Waals surface area contributed by atoms with Crippen LogP contribution in [0.3, 0.4) is 0 Å². The molecule has 1 aromatic heterocycles. The summed E-state index contributed by atoms with van der Waals surface area (Å²) in [7, 11) is 0. The smallest absolute Gasteiger partial charge is 0.0811 e. The van der Waals surface area contributed by atoms with Gasteiger partial charge in [0, 0.05) is 31.1 Å². The Kier molecular flexibility index (Phi) is 5.81. The summed E-state index contributed by atoms with van der Waals surface area (Å²) in [4.78, 5) is 5.12. The number of anilines is 1. The summed E-state index contributed by atoms with van der Waals surface area (Å²) in [6.07, 6.45) is 0.793. The van der Waals surface area contributed by atoms with E-state index in [0.29, 0.717) is 0 Å². The lowest BCUT2D eigenvalue weighted by Gasteiger charge is -2.19. The van der Waals surface area contributed by atoms with Gasteiger partial charge in [0.25, 0.3) is 0 Å². The van der Waals surface area contributed by atoms with Crippen molar-refractivity contribution in [3.8, 4) is 22.4 Å². The SMILES string of the molecule is Nc1ccccc1-c1nc2ccccc2c(Cc2ccc(Br)cc2)c1-c1ccc(Br)cc1. The maximum absolute atomic E-state index is 6.43. The summed E-state index contributed by atoms with van der Waals surface area (Å²) in [5, 5.41) is 1.16. The molecule has 0 saturated carbocycles. The zero-order chi connectivity index (χ0) is 22.1. The number of hydrogen-bond donors (Lipinski definition) is 1. The predicted molar refractivity (Wildman–Crippen MR) is 142 cm³/mol. The fraction of sp³-hybridized carbons (Fsp3) is 0.0357. The lowest BCUT2D eigenvalue weighted by atomic mass is 9.88. The minimum Gasteiger partial charge on any atom is -0.398 e. The first-order chi connectivity index (χ1) is 15.6. The number of aromatic nitrogens is 1. The molecule has 0 amide bonds. The predicted octanol–water partition coefficient (Wildman–Crippen LogP) is 8.27. The maximum Gasteiger partial charge on any atom is 0.0811 e. The second kappa shape index (κ2) is 8.89. The average molecular weight is 544 g/mol. The van der Waals surface area contributed by atoms with E-state index in [1.54, 1.807) is 0 Å². The molecule has 0 bridgehead atoms. The van der Waals surface area contributed by atoms with Gasteiger partial charge < -0.3 is 5.73 Å². The van der Waals surface area contributed by atoms with Crippen LogP contribution >= 0.6 is 31.9 Å². The second-order valence-electron chi connectivity index (χ2n) is 7.73. The highest BCUT2D eigenvalue weighted by atomic mass is 79.9. The largest absolute Gasteiger partial charge is 0.398 e. The molecule has 0 spiro atoms. The van der Waals surface area contributed by atoms with Crippen molar-refractivity contribution in [1.82, 2.24) is 4.98 Å². The van der Waals surface area contributed by atoms with Gasteiger partial charge >= 0.3 is 0 Å². The van der Waals surface area contributed by atoms with E-state index in [0.717, 1.165) is 54.3 Å². The van der Waals surface area contributed by atoms with Gasteiger partial charge in [-0.15, -0.1) is 0 Å². The molecule has 156 valence electrons. The van der Waals surface area contributed by atoms with Crippen molar-refractivity contribution >= 4 is 48.5 Å². The van der Waals surface area contributed by atoms with Crippen LogP contribution in [0, 0.1) is 0 Å². The lowest BCUT2D eigenvalue weighted by Crippen LogP contribution is -2.02. The van der Waals surface area contributed by atoms with E-state index in [2.05, 4.69) is 105 Å². The van der Waals surface area contributed by atoms with Gasteiger partial charge in [-0.1, -0.05) is 92.5 Å². The summed E-state index contributed by atoms with van der Waals surface area (Å²) in [5.74, 6) is 0. The minimum atomic E-state index is 0.725. The van der Waals surface area contributed by atoms with Crippen molar-refractivity contribution in [2.75, 3.05) is 5.73 Å². The van der Waals surface area contributed by atoms with Crippen LogP contribution in [-0.2, 0) is 6.42 Å². The molecule has 0 unspecified atom stereocenters. The van der Waals surface area contributed by atoms with Gasteiger partial charge in [0.05, 0.1) is 11.2 Å². The van der Waals surface area contributed by atoms with E-state index in [9.17, 15) is 0 Å². The van der Waals surface area contributed by atoms with E-state index in [4.69, 9.17) is 10.7 Å². The van der Waals surface area contributed by atoms with E-state index in [-0.39, 0.29) is 0 Å². The number of nitrogen functional groups attached to an aromatic ring is 1. The third-order valence-electron chi connectivity index (χ3n) is 5.64. The molecule has 2 N–H and O–H groups in total. The molecule has 0 atom stereocenters. The van der Waals surface area contributed by atoms with Gasteiger partial charge in [0.2, 0.25) is 0 Å². The van der Waals surface area contributed by atoms with Crippen molar-refractivity contribution < 1.29 is 0 Å². The summed E-state index contributed by atoms with van der Waals surface area (Å²) >= 11 is 7.12. The van der Waals surface area contributed by atoms with Crippen LogP contribution in [0.15, 0.2) is 106 Å². The molecule has 4 heteroatoms. The number of nitrogens with zero attached hydrogens (tertiary/aromatic N) is 1. The average Bonchev–Trinajstić information content (AvgIpc) is 2.81. The molecule has 32 heavy (non-hydrogen) atoms. The number of rotatable bonds is 4. The molecule has 0 radical (unpaired) electrons. The number of pyridine rings is 1. The van der Waals surface area contributed by atoms with Crippen LogP contribution in [0.5, 0.6) is 0 Å². The van der Waals surface area contributed by atoms with Crippen molar-refractivity contribution in [3.63, 3.8) is 0 Å². The number of benzene rings is 4. The Hall–Kier alpha value is -2.95. The van der Waals surface area contributed by atoms with Gasteiger partial charge in [0.1, 0.15) is 0 Å². The Morgan fingerprint density at radius 2 is 1.31 bits per heavy atom. The minimum absolute atomic E-state index is 0.725. The number of hydrogen-bond acceptors (Lipinski definition) is 2. The van der Waals surface area contributed by atoms with Gasteiger partial charge in [-0.05, 0) is 59.5 Å². The Morgan fingerprint density at radius 3 is 2.03 bits per heavy atom. The second-order valence-corrected chi connectivity index (χ2v) is 9.56. The monoisotopic (exact) mass is 542 g/mol. The topological polar surface area (TPSA) is 38.9 Å². The molecular weight excluding hydrogens is 524 g/mol. The molecule has 5 aromatic rings. The molecule has 2 nitrogen and oxygen atoms in total. The molecule has 1 heterocycles. The lowest BCUT2D eigenvalue weighted by molar-refractivity contribution is 1.20. The number of nitrogens with two attached hydrogens (primary N) is 1. The maximum atomic E-state index is 6.43. The highest BCUT2D eigenvalue weighted by molar-refractivity contribution is 9.10. The Balaban J connectivity index is 1.86. The van der Waals surface area contributed by atoms with Crippen LogP contribution in [0.1, 0.15) is 11.1 Å². The Morgan fingerprint density at radius 1 is 0.688 bits per heavy atom. The third-order valence-corrected chi connectivity index (χ3v) is 6.70. The van der Waals surface area contributed by atoms with Crippen LogP contribution in [-0.4, -0.2) is 4.98 Å². The first kappa shape index (κ1) is 20.9. The summed E-state index contributed by atoms with van der Waals surface area (Å²) in [5.41, 5.74) is 14.7. The molecular formula is C28H20Br2N2. The van der Waals surface area contributed by atoms with Gasteiger partial charge in [-0.25, -0.2) is 4.98 Å². The third kappa shape index (κ3) is 4.08. The first-order valence-electron chi connectivity index (χ1n) is 10.4. The fourth-order valence-corrected chi connectivity index (χ4v) is 4.63. The van der Waals surface area contributed by atoms with E-state index >= 15 is 0 Å². The van der Waals surface area contributed by atoms with E-state index in [1.807, 2.05) is 24.3 Å². The van der Waals surface area contributed by atoms with E-state index in [1.165, 1.54) is 11.1 Å².